The van der Waals surface area contributed by atoms with E-state index in [9.17, 15) is 4.79 Å². The molecule has 108 valence electrons. The number of oxime groups is 1. The fourth-order valence-corrected chi connectivity index (χ4v) is 2.24. The van der Waals surface area contributed by atoms with Crippen LogP contribution in [0, 0.1) is 5.92 Å². The second kappa shape index (κ2) is 6.27. The average molecular weight is 277 g/mol. The molecule has 0 spiro atoms. The first-order valence-corrected chi connectivity index (χ1v) is 6.64. The van der Waals surface area contributed by atoms with Gasteiger partial charge in [-0.25, -0.2) is 0 Å². The van der Waals surface area contributed by atoms with Gasteiger partial charge in [-0.3, -0.25) is 4.79 Å². The highest BCUT2D eigenvalue weighted by atomic mass is 16.5. The summed E-state index contributed by atoms with van der Waals surface area (Å²) < 4.78 is 5.59. The van der Waals surface area contributed by atoms with Gasteiger partial charge in [0.15, 0.2) is 5.84 Å². The molecule has 0 saturated heterocycles. The van der Waals surface area contributed by atoms with Crippen molar-refractivity contribution in [3.05, 3.63) is 29.8 Å². The quantitative estimate of drug-likeness (QED) is 0.329. The largest absolute Gasteiger partial charge is 0.492 e. The van der Waals surface area contributed by atoms with Gasteiger partial charge in [0.05, 0.1) is 12.0 Å². The molecule has 6 nitrogen and oxygen atoms in total. The number of hydrogen-bond acceptors (Lipinski definition) is 4. The van der Waals surface area contributed by atoms with E-state index < -0.39 is 6.04 Å². The highest BCUT2D eigenvalue weighted by molar-refractivity contribution is 5.90. The van der Waals surface area contributed by atoms with Gasteiger partial charge in [0.2, 0.25) is 5.91 Å². The predicted octanol–water partition coefficient (Wildman–Crippen LogP) is 0.879. The molecular formula is C14H19N3O3. The van der Waals surface area contributed by atoms with Crippen LogP contribution in [0.3, 0.4) is 0 Å². The third kappa shape index (κ3) is 3.01. The van der Waals surface area contributed by atoms with E-state index in [0.29, 0.717) is 19.4 Å². The molecule has 6 heteroatoms. The van der Waals surface area contributed by atoms with Crippen LogP contribution in [0.4, 0.5) is 0 Å². The molecule has 1 aromatic rings. The number of hydrogen-bond donors (Lipinski definition) is 3. The van der Waals surface area contributed by atoms with Crippen molar-refractivity contribution in [2.45, 2.75) is 25.8 Å². The molecule has 1 amide bonds. The molecule has 0 radical (unpaired) electrons. The zero-order valence-corrected chi connectivity index (χ0v) is 11.4. The molecule has 1 aromatic carbocycles. The first-order valence-electron chi connectivity index (χ1n) is 6.64. The monoisotopic (exact) mass is 277 g/mol. The molecule has 2 unspecified atom stereocenters. The second-order valence-electron chi connectivity index (χ2n) is 4.81. The Bertz CT molecular complexity index is 516. The van der Waals surface area contributed by atoms with Crippen molar-refractivity contribution in [3.8, 4) is 5.75 Å². The summed E-state index contributed by atoms with van der Waals surface area (Å²) in [6.45, 7) is 2.20. The van der Waals surface area contributed by atoms with E-state index in [0.717, 1.165) is 11.3 Å². The third-order valence-electron chi connectivity index (χ3n) is 3.45. The Labute approximate surface area is 117 Å². The van der Waals surface area contributed by atoms with Crippen molar-refractivity contribution >= 4 is 11.7 Å². The smallest absolute Gasteiger partial charge is 0.227 e. The summed E-state index contributed by atoms with van der Waals surface area (Å²) in [4.78, 5) is 12.2. The molecule has 1 aliphatic rings. The minimum Gasteiger partial charge on any atom is -0.492 e. The molecule has 0 aromatic heterocycles. The van der Waals surface area contributed by atoms with Crippen molar-refractivity contribution in [2.75, 3.05) is 6.61 Å². The average Bonchev–Trinajstić information content (AvgIpc) is 2.51. The Morgan fingerprint density at radius 2 is 2.35 bits per heavy atom. The molecule has 1 aliphatic heterocycles. The van der Waals surface area contributed by atoms with E-state index in [2.05, 4.69) is 10.5 Å². The van der Waals surface area contributed by atoms with E-state index in [-0.39, 0.29) is 17.7 Å². The van der Waals surface area contributed by atoms with Crippen molar-refractivity contribution in [1.82, 2.24) is 5.32 Å². The van der Waals surface area contributed by atoms with E-state index in [1.807, 2.05) is 31.2 Å². The van der Waals surface area contributed by atoms with Crippen molar-refractivity contribution in [3.63, 3.8) is 0 Å². The van der Waals surface area contributed by atoms with Crippen LogP contribution in [0.1, 0.15) is 18.9 Å². The lowest BCUT2D eigenvalue weighted by atomic mass is 9.95. The maximum atomic E-state index is 12.2. The van der Waals surface area contributed by atoms with Crippen LogP contribution in [-0.4, -0.2) is 29.6 Å². The summed E-state index contributed by atoms with van der Waals surface area (Å²) >= 11 is 0. The van der Waals surface area contributed by atoms with Gasteiger partial charge in [0, 0.05) is 0 Å². The number of amidine groups is 1. The number of rotatable bonds is 4. The molecule has 20 heavy (non-hydrogen) atoms. The summed E-state index contributed by atoms with van der Waals surface area (Å²) in [5, 5.41) is 14.4. The predicted molar refractivity (Wildman–Crippen MR) is 74.8 cm³/mol. The minimum atomic E-state index is -0.454. The van der Waals surface area contributed by atoms with Crippen molar-refractivity contribution in [1.29, 1.82) is 0 Å². The number of benzene rings is 1. The molecule has 4 N–H and O–H groups in total. The van der Waals surface area contributed by atoms with Crippen LogP contribution in [0.5, 0.6) is 5.75 Å². The minimum absolute atomic E-state index is 0.0120. The summed E-state index contributed by atoms with van der Waals surface area (Å²) in [6, 6.07) is 7.23. The molecule has 2 rings (SSSR count). The van der Waals surface area contributed by atoms with Crippen LogP contribution in [0.25, 0.3) is 0 Å². The van der Waals surface area contributed by atoms with Gasteiger partial charge in [-0.2, -0.15) is 0 Å². The SMILES string of the molecule is CCC(NC(=O)C1COc2ccccc2C1)C(N)=NO. The normalized spacial score (nSPS) is 19.6. The van der Waals surface area contributed by atoms with Gasteiger partial charge < -0.3 is 21.0 Å². The highest BCUT2D eigenvalue weighted by Crippen LogP contribution is 2.26. The van der Waals surface area contributed by atoms with Gasteiger partial charge in [0.1, 0.15) is 12.4 Å². The second-order valence-corrected chi connectivity index (χ2v) is 4.81. The number of amides is 1. The van der Waals surface area contributed by atoms with Crippen molar-refractivity contribution < 1.29 is 14.7 Å². The molecule has 0 saturated carbocycles. The van der Waals surface area contributed by atoms with Crippen LogP contribution in [0.2, 0.25) is 0 Å². The van der Waals surface area contributed by atoms with Crippen LogP contribution >= 0.6 is 0 Å². The van der Waals surface area contributed by atoms with Crippen molar-refractivity contribution in [2.24, 2.45) is 16.8 Å². The first kappa shape index (κ1) is 14.2. The lowest BCUT2D eigenvalue weighted by molar-refractivity contribution is -0.126. The zero-order chi connectivity index (χ0) is 14.5. The van der Waals surface area contributed by atoms with Crippen LogP contribution < -0.4 is 15.8 Å². The fraction of sp³-hybridized carbons (Fsp3) is 0.429. The number of para-hydroxylation sites is 1. The molecule has 0 fully saturated rings. The maximum Gasteiger partial charge on any atom is 0.227 e. The Morgan fingerprint density at radius 3 is 3.05 bits per heavy atom. The van der Waals surface area contributed by atoms with Gasteiger partial charge in [-0.1, -0.05) is 30.3 Å². The Kier molecular flexibility index (Phi) is 4.45. The topological polar surface area (TPSA) is 96.9 Å². The molecule has 1 heterocycles. The molecular weight excluding hydrogens is 258 g/mol. The van der Waals surface area contributed by atoms with Gasteiger partial charge in [0.25, 0.3) is 0 Å². The number of carbonyl (C=O) groups excluding carboxylic acids is 1. The molecule has 0 aliphatic carbocycles. The van der Waals surface area contributed by atoms with E-state index >= 15 is 0 Å². The lowest BCUT2D eigenvalue weighted by Crippen LogP contribution is -2.48. The van der Waals surface area contributed by atoms with Crippen LogP contribution in [0.15, 0.2) is 29.4 Å². The maximum absolute atomic E-state index is 12.2. The summed E-state index contributed by atoms with van der Waals surface area (Å²) in [5.74, 6) is 0.446. The summed E-state index contributed by atoms with van der Waals surface area (Å²) in [5.41, 5.74) is 6.56. The van der Waals surface area contributed by atoms with Crippen LogP contribution in [-0.2, 0) is 11.2 Å². The Hall–Kier alpha value is -2.24. The number of fused-ring (bicyclic) bond motifs is 1. The summed E-state index contributed by atoms with van der Waals surface area (Å²) in [7, 11) is 0. The Morgan fingerprint density at radius 1 is 1.60 bits per heavy atom. The number of nitrogens with two attached hydrogens (primary N) is 1. The lowest BCUT2D eigenvalue weighted by Gasteiger charge is -2.26. The zero-order valence-electron chi connectivity index (χ0n) is 11.4. The van der Waals surface area contributed by atoms with Gasteiger partial charge in [-0.05, 0) is 24.5 Å². The highest BCUT2D eigenvalue weighted by Gasteiger charge is 2.27. The van der Waals surface area contributed by atoms with E-state index in [4.69, 9.17) is 15.7 Å². The number of ether oxygens (including phenoxy) is 1. The molecule has 2 atom stereocenters. The Balaban J connectivity index is 2.01. The van der Waals surface area contributed by atoms with Gasteiger partial charge >= 0.3 is 0 Å². The first-order chi connectivity index (χ1) is 9.65. The number of carbonyl (C=O) groups is 1. The summed E-state index contributed by atoms with van der Waals surface area (Å²) in [6.07, 6.45) is 1.19. The number of nitrogens with zero attached hydrogens (tertiary/aromatic N) is 1. The van der Waals surface area contributed by atoms with E-state index in [1.54, 1.807) is 0 Å². The fourth-order valence-electron chi connectivity index (χ4n) is 2.24. The number of nitrogens with one attached hydrogen (secondary N) is 1. The third-order valence-corrected chi connectivity index (χ3v) is 3.45. The van der Waals surface area contributed by atoms with E-state index in [1.165, 1.54) is 0 Å². The van der Waals surface area contributed by atoms with Gasteiger partial charge in [-0.15, -0.1) is 0 Å². The molecule has 0 bridgehead atoms. The standard InChI is InChI=1S/C14H19N3O3/c1-2-11(13(15)17-19)16-14(18)10-7-9-5-3-4-6-12(9)20-8-10/h3-6,10-11,19H,2,7-8H2,1H3,(H2,15,17)(H,16,18).